The molecule has 0 bridgehead atoms. The third-order valence-corrected chi connectivity index (χ3v) is 6.54. The molecule has 0 fully saturated rings. The van der Waals surface area contributed by atoms with Gasteiger partial charge >= 0.3 is 15.5 Å². The van der Waals surface area contributed by atoms with Crippen LogP contribution in [0.1, 0.15) is 6.92 Å². The molecule has 158 valence electrons. The number of ether oxygens (including phenoxy) is 1. The molecular weight excluding hydrogens is 435 g/mol. The van der Waals surface area contributed by atoms with Crippen LogP contribution in [0, 0.1) is 0 Å². The molecule has 29 heavy (non-hydrogen) atoms. The second-order valence-electron chi connectivity index (χ2n) is 5.97. The van der Waals surface area contributed by atoms with Crippen LogP contribution in [-0.2, 0) is 20.0 Å². The summed E-state index contributed by atoms with van der Waals surface area (Å²) in [5.41, 5.74) is -5.33. The van der Waals surface area contributed by atoms with E-state index in [0.29, 0.717) is 12.2 Å². The fourth-order valence-electron chi connectivity index (χ4n) is 2.61. The van der Waals surface area contributed by atoms with Crippen molar-refractivity contribution >= 4 is 31.4 Å². The van der Waals surface area contributed by atoms with Crippen LogP contribution in [0.4, 0.5) is 24.5 Å². The Hall–Kier alpha value is -2.51. The number of halogens is 3. The highest BCUT2D eigenvalue weighted by Crippen LogP contribution is 2.34. The maximum Gasteiger partial charge on any atom is 0.516 e. The van der Waals surface area contributed by atoms with Crippen LogP contribution in [0.15, 0.2) is 47.4 Å². The van der Waals surface area contributed by atoms with E-state index in [1.54, 1.807) is 11.0 Å². The fraction of sp³-hybridized carbons (Fsp3) is 0.250. The number of hydrogen-bond acceptors (Lipinski definition) is 6. The molecule has 0 saturated carbocycles. The summed E-state index contributed by atoms with van der Waals surface area (Å²) in [7, 11) is -9.31. The number of benzene rings is 2. The maximum absolute atomic E-state index is 12.5. The van der Waals surface area contributed by atoms with E-state index in [0.717, 1.165) is 12.1 Å². The van der Waals surface area contributed by atoms with Gasteiger partial charge in [-0.25, -0.2) is 8.42 Å². The van der Waals surface area contributed by atoms with E-state index in [4.69, 9.17) is 4.74 Å². The molecule has 1 aliphatic heterocycles. The quantitative estimate of drug-likeness (QED) is 0.725. The topological polar surface area (TPSA) is 105 Å². The van der Waals surface area contributed by atoms with Crippen LogP contribution in [0.2, 0.25) is 0 Å². The van der Waals surface area contributed by atoms with E-state index in [2.05, 4.69) is 4.72 Å². The van der Waals surface area contributed by atoms with Gasteiger partial charge in [-0.3, -0.25) is 4.72 Å². The Morgan fingerprint density at radius 3 is 2.52 bits per heavy atom. The zero-order valence-corrected chi connectivity index (χ0v) is 16.5. The SMILES string of the molecule is CCN1CNS(=O)(=O)c2cc(Oc3cccc(NS(=O)(=O)C(F)(F)F)c3)ccc21. The molecule has 0 saturated heterocycles. The van der Waals surface area contributed by atoms with Crippen molar-refractivity contribution in [1.82, 2.24) is 4.72 Å². The van der Waals surface area contributed by atoms with E-state index >= 15 is 0 Å². The van der Waals surface area contributed by atoms with Gasteiger partial charge < -0.3 is 9.64 Å². The number of sulfonamides is 2. The van der Waals surface area contributed by atoms with Crippen LogP contribution in [-0.4, -0.2) is 35.6 Å². The van der Waals surface area contributed by atoms with Crippen LogP contribution in [0.25, 0.3) is 0 Å². The van der Waals surface area contributed by atoms with Crippen molar-refractivity contribution in [3.63, 3.8) is 0 Å². The number of fused-ring (bicyclic) bond motifs is 1. The molecule has 0 spiro atoms. The normalized spacial score (nSPS) is 16.2. The lowest BCUT2D eigenvalue weighted by Gasteiger charge is -2.30. The molecule has 2 aromatic carbocycles. The number of rotatable bonds is 5. The van der Waals surface area contributed by atoms with Crippen molar-refractivity contribution < 1.29 is 34.7 Å². The summed E-state index contributed by atoms with van der Waals surface area (Å²) in [6, 6.07) is 9.20. The van der Waals surface area contributed by atoms with Crippen molar-refractivity contribution in [1.29, 1.82) is 0 Å². The number of nitrogens with zero attached hydrogens (tertiary/aromatic N) is 1. The molecule has 0 aliphatic carbocycles. The molecule has 13 heteroatoms. The van der Waals surface area contributed by atoms with E-state index in [1.165, 1.54) is 29.0 Å². The minimum absolute atomic E-state index is 0.00275. The summed E-state index contributed by atoms with van der Waals surface area (Å²) in [5, 5.41) is 0. The Morgan fingerprint density at radius 1 is 1.17 bits per heavy atom. The molecule has 3 rings (SSSR count). The highest BCUT2D eigenvalue weighted by Gasteiger charge is 2.46. The van der Waals surface area contributed by atoms with Crippen molar-refractivity contribution in [3.8, 4) is 11.5 Å². The van der Waals surface area contributed by atoms with Gasteiger partial charge in [0.25, 0.3) is 0 Å². The Balaban J connectivity index is 1.88. The van der Waals surface area contributed by atoms with Gasteiger partial charge in [-0.05, 0) is 31.2 Å². The second kappa shape index (κ2) is 7.39. The van der Waals surface area contributed by atoms with Gasteiger partial charge in [0.15, 0.2) is 0 Å². The van der Waals surface area contributed by atoms with E-state index in [-0.39, 0.29) is 28.8 Å². The van der Waals surface area contributed by atoms with Crippen LogP contribution in [0.3, 0.4) is 0 Å². The van der Waals surface area contributed by atoms with Crippen LogP contribution >= 0.6 is 0 Å². The molecule has 0 atom stereocenters. The van der Waals surface area contributed by atoms with Gasteiger partial charge in [-0.15, -0.1) is 0 Å². The molecule has 1 heterocycles. The minimum atomic E-state index is -5.58. The third-order valence-electron chi connectivity index (χ3n) is 4.02. The highest BCUT2D eigenvalue weighted by atomic mass is 32.2. The van der Waals surface area contributed by atoms with Gasteiger partial charge in [0.2, 0.25) is 10.0 Å². The van der Waals surface area contributed by atoms with Crippen molar-refractivity contribution in [2.45, 2.75) is 17.3 Å². The lowest BCUT2D eigenvalue weighted by molar-refractivity contribution is -0.0429. The van der Waals surface area contributed by atoms with Crippen molar-refractivity contribution in [2.24, 2.45) is 0 Å². The fourth-order valence-corrected chi connectivity index (χ4v) is 4.39. The Morgan fingerprint density at radius 2 is 1.86 bits per heavy atom. The summed E-state index contributed by atoms with van der Waals surface area (Å²) < 4.78 is 93.9. The Labute approximate surface area is 165 Å². The molecule has 0 amide bonds. The summed E-state index contributed by atoms with van der Waals surface area (Å²) in [4.78, 5) is 1.80. The largest absolute Gasteiger partial charge is 0.516 e. The monoisotopic (exact) mass is 451 g/mol. The summed E-state index contributed by atoms with van der Waals surface area (Å²) >= 11 is 0. The molecular formula is C16H16F3N3O5S2. The van der Waals surface area contributed by atoms with Crippen LogP contribution < -0.4 is 19.1 Å². The van der Waals surface area contributed by atoms with Crippen molar-refractivity contribution in [3.05, 3.63) is 42.5 Å². The number of alkyl halides is 3. The molecule has 8 nitrogen and oxygen atoms in total. The predicted octanol–water partition coefficient (Wildman–Crippen LogP) is 2.82. The number of hydrogen-bond donors (Lipinski definition) is 2. The number of anilines is 2. The van der Waals surface area contributed by atoms with Gasteiger partial charge in [0.1, 0.15) is 16.4 Å². The highest BCUT2D eigenvalue weighted by molar-refractivity contribution is 7.93. The Bertz CT molecular complexity index is 1130. The maximum atomic E-state index is 12.5. The van der Waals surface area contributed by atoms with E-state index in [9.17, 15) is 30.0 Å². The smallest absolute Gasteiger partial charge is 0.457 e. The lowest BCUT2D eigenvalue weighted by Crippen LogP contribution is -2.42. The average molecular weight is 451 g/mol. The van der Waals surface area contributed by atoms with Gasteiger partial charge in [-0.2, -0.15) is 26.3 Å². The average Bonchev–Trinajstić information content (AvgIpc) is 2.61. The first-order valence-corrected chi connectivity index (χ1v) is 11.2. The van der Waals surface area contributed by atoms with Gasteiger partial charge in [0.05, 0.1) is 18.0 Å². The summed E-state index contributed by atoms with van der Waals surface area (Å²) in [5.74, 6) is 0.128. The molecule has 1 aliphatic rings. The first-order valence-electron chi connectivity index (χ1n) is 8.18. The molecule has 2 N–H and O–H groups in total. The standard InChI is InChI=1S/C16H16F3N3O5S2/c1-2-22-10-20-28(23,24)15-9-13(6-7-14(15)22)27-12-5-3-4-11(8-12)21-29(25,26)16(17,18)19/h3-9,20-21H,2,10H2,1H3. The lowest BCUT2D eigenvalue weighted by atomic mass is 10.2. The van der Waals surface area contributed by atoms with E-state index < -0.39 is 25.6 Å². The Kier molecular flexibility index (Phi) is 5.40. The molecule has 0 unspecified atom stereocenters. The second-order valence-corrected chi connectivity index (χ2v) is 9.38. The first kappa shape index (κ1) is 21.2. The van der Waals surface area contributed by atoms with Crippen LogP contribution in [0.5, 0.6) is 11.5 Å². The van der Waals surface area contributed by atoms with Gasteiger partial charge in [0, 0.05) is 18.7 Å². The molecule has 2 aromatic rings. The minimum Gasteiger partial charge on any atom is -0.457 e. The first-order chi connectivity index (χ1) is 13.4. The predicted molar refractivity (Wildman–Crippen MR) is 99.8 cm³/mol. The number of nitrogens with one attached hydrogen (secondary N) is 2. The third kappa shape index (κ3) is 4.41. The van der Waals surface area contributed by atoms with E-state index in [1.807, 2.05) is 6.92 Å². The van der Waals surface area contributed by atoms with Gasteiger partial charge in [-0.1, -0.05) is 6.07 Å². The zero-order valence-electron chi connectivity index (χ0n) is 14.9. The van der Waals surface area contributed by atoms with Crippen molar-refractivity contribution in [2.75, 3.05) is 22.8 Å². The zero-order chi connectivity index (χ0) is 21.4. The summed E-state index contributed by atoms with van der Waals surface area (Å²) in [6.07, 6.45) is 0. The summed E-state index contributed by atoms with van der Waals surface area (Å²) in [6.45, 7) is 2.56. The molecule has 0 aromatic heterocycles. The molecule has 0 radical (unpaired) electrons.